The average molecular weight is 330 g/mol. The Balaban J connectivity index is 1.64. The zero-order valence-corrected chi connectivity index (χ0v) is 13.1. The largest absolute Gasteiger partial charge is 0.279 e. The topological polar surface area (TPSA) is 54.5 Å². The van der Waals surface area contributed by atoms with Gasteiger partial charge in [-0.3, -0.25) is 19.3 Å². The number of carbonyl (C=O) groups is 3. The van der Waals surface area contributed by atoms with Crippen molar-refractivity contribution in [1.29, 1.82) is 0 Å². The lowest BCUT2D eigenvalue weighted by atomic mass is 9.85. The molecule has 4 rings (SSSR count). The highest BCUT2D eigenvalue weighted by atomic mass is 35.5. The van der Waals surface area contributed by atoms with Gasteiger partial charge in [0, 0.05) is 6.42 Å². The molecule has 1 aromatic rings. The van der Waals surface area contributed by atoms with Crippen LogP contribution >= 0.6 is 11.6 Å². The number of amides is 2. The van der Waals surface area contributed by atoms with Crippen LogP contribution in [0.15, 0.2) is 42.5 Å². The predicted octanol–water partition coefficient (Wildman–Crippen LogP) is 2.17. The summed E-state index contributed by atoms with van der Waals surface area (Å²) in [6.45, 7) is 0. The third kappa shape index (κ3) is 2.16. The van der Waals surface area contributed by atoms with Gasteiger partial charge in [-0.25, -0.2) is 0 Å². The summed E-state index contributed by atoms with van der Waals surface area (Å²) in [7, 11) is 0. The highest BCUT2D eigenvalue weighted by Crippen LogP contribution is 2.53. The zero-order valence-electron chi connectivity index (χ0n) is 12.4. The molecule has 1 aliphatic heterocycles. The lowest BCUT2D eigenvalue weighted by Crippen LogP contribution is -2.46. The summed E-state index contributed by atoms with van der Waals surface area (Å²) in [6, 6.07) is 8.41. The lowest BCUT2D eigenvalue weighted by molar-refractivity contribution is -0.146. The Morgan fingerprint density at radius 2 is 1.65 bits per heavy atom. The molecule has 2 amide bonds. The first-order chi connectivity index (χ1) is 11.1. The second-order valence-electron chi connectivity index (χ2n) is 6.56. The molecule has 118 valence electrons. The molecule has 0 spiro atoms. The third-order valence-electron chi connectivity index (χ3n) is 5.35. The second kappa shape index (κ2) is 5.31. The Bertz CT molecular complexity index is 684. The van der Waals surface area contributed by atoms with E-state index < -0.39 is 11.3 Å². The molecule has 2 fully saturated rings. The number of fused-ring (bicyclic) bond motifs is 5. The fourth-order valence-corrected chi connectivity index (χ4v) is 4.52. The molecular weight excluding hydrogens is 314 g/mol. The first-order valence-corrected chi connectivity index (χ1v) is 8.24. The van der Waals surface area contributed by atoms with Gasteiger partial charge in [-0.05, 0) is 35.4 Å². The van der Waals surface area contributed by atoms with Gasteiger partial charge in [0.15, 0.2) is 0 Å². The van der Waals surface area contributed by atoms with E-state index in [1.807, 2.05) is 42.5 Å². The first-order valence-electron chi connectivity index (χ1n) is 7.86. The van der Waals surface area contributed by atoms with Crippen LogP contribution in [0.25, 0.3) is 0 Å². The molecule has 1 heterocycles. The van der Waals surface area contributed by atoms with Crippen molar-refractivity contribution in [2.45, 2.75) is 18.9 Å². The Labute approximate surface area is 139 Å². The molecule has 0 N–H and O–H groups in total. The van der Waals surface area contributed by atoms with Crippen LogP contribution in [-0.4, -0.2) is 28.0 Å². The Hall–Kier alpha value is -1.94. The lowest BCUT2D eigenvalue weighted by Gasteiger charge is -2.25. The Morgan fingerprint density at radius 1 is 1.09 bits per heavy atom. The third-order valence-corrected chi connectivity index (χ3v) is 5.60. The van der Waals surface area contributed by atoms with Gasteiger partial charge in [-0.2, -0.15) is 0 Å². The number of carbonyl (C=O) groups excluding carboxylic acids is 3. The van der Waals surface area contributed by atoms with Crippen molar-refractivity contribution in [2.75, 3.05) is 0 Å². The van der Waals surface area contributed by atoms with Gasteiger partial charge in [0.25, 0.3) is 0 Å². The minimum absolute atomic E-state index is 0.134. The number of likely N-dealkylation sites (tertiary alicyclic amines) is 1. The van der Waals surface area contributed by atoms with Crippen molar-refractivity contribution in [2.24, 2.45) is 23.7 Å². The van der Waals surface area contributed by atoms with Gasteiger partial charge >= 0.3 is 0 Å². The number of hydrogen-bond donors (Lipinski definition) is 0. The fraction of sp³-hybridized carbons (Fsp3) is 0.389. The monoisotopic (exact) mass is 329 g/mol. The molecule has 1 saturated carbocycles. The van der Waals surface area contributed by atoms with Crippen LogP contribution < -0.4 is 0 Å². The SMILES string of the molecule is O=C(Cl)C(Cc1ccccc1)N1C(=O)C2C3C=CC(C3)C2C1=O. The molecule has 1 aromatic carbocycles. The van der Waals surface area contributed by atoms with E-state index in [9.17, 15) is 14.4 Å². The quantitative estimate of drug-likeness (QED) is 0.483. The Kier molecular flexibility index (Phi) is 3.38. The molecule has 4 nitrogen and oxygen atoms in total. The van der Waals surface area contributed by atoms with E-state index in [-0.39, 0.29) is 41.9 Å². The molecule has 0 radical (unpaired) electrons. The van der Waals surface area contributed by atoms with E-state index in [1.54, 1.807) is 0 Å². The maximum Gasteiger partial charge on any atom is 0.245 e. The molecule has 2 bridgehead atoms. The van der Waals surface area contributed by atoms with E-state index in [0.717, 1.165) is 16.9 Å². The highest BCUT2D eigenvalue weighted by molar-refractivity contribution is 6.65. The molecule has 5 atom stereocenters. The van der Waals surface area contributed by atoms with Crippen molar-refractivity contribution in [3.8, 4) is 0 Å². The van der Waals surface area contributed by atoms with Crippen molar-refractivity contribution in [1.82, 2.24) is 4.90 Å². The minimum Gasteiger partial charge on any atom is -0.279 e. The highest BCUT2D eigenvalue weighted by Gasteiger charge is 2.60. The maximum atomic E-state index is 12.8. The van der Waals surface area contributed by atoms with Crippen molar-refractivity contribution >= 4 is 28.7 Å². The molecule has 5 heteroatoms. The van der Waals surface area contributed by atoms with Crippen molar-refractivity contribution in [3.63, 3.8) is 0 Å². The van der Waals surface area contributed by atoms with E-state index in [4.69, 9.17) is 11.6 Å². The van der Waals surface area contributed by atoms with Crippen LogP contribution in [0.5, 0.6) is 0 Å². The summed E-state index contributed by atoms with van der Waals surface area (Å²) in [5, 5.41) is -0.657. The number of imide groups is 1. The number of nitrogens with zero attached hydrogens (tertiary/aromatic N) is 1. The van der Waals surface area contributed by atoms with Gasteiger partial charge in [0.2, 0.25) is 17.1 Å². The number of hydrogen-bond acceptors (Lipinski definition) is 3. The summed E-state index contributed by atoms with van der Waals surface area (Å²) in [5.41, 5.74) is 0.880. The number of benzene rings is 1. The van der Waals surface area contributed by atoms with Crippen LogP contribution in [0.1, 0.15) is 12.0 Å². The summed E-state index contributed by atoms with van der Waals surface area (Å²) in [6.07, 6.45) is 5.21. The van der Waals surface area contributed by atoms with Gasteiger partial charge < -0.3 is 0 Å². The van der Waals surface area contributed by atoms with Crippen LogP contribution in [-0.2, 0) is 20.8 Å². The fourth-order valence-electron chi connectivity index (χ4n) is 4.34. The molecular formula is C18H16ClNO3. The van der Waals surface area contributed by atoms with E-state index in [1.165, 1.54) is 0 Å². The van der Waals surface area contributed by atoms with Crippen LogP contribution in [0.4, 0.5) is 0 Å². The van der Waals surface area contributed by atoms with Gasteiger partial charge in [-0.15, -0.1) is 0 Å². The summed E-state index contributed by atoms with van der Waals surface area (Å²) >= 11 is 5.75. The van der Waals surface area contributed by atoms with Gasteiger partial charge in [0.05, 0.1) is 11.8 Å². The van der Waals surface area contributed by atoms with E-state index >= 15 is 0 Å². The van der Waals surface area contributed by atoms with Crippen molar-refractivity contribution in [3.05, 3.63) is 48.0 Å². The maximum absolute atomic E-state index is 12.8. The molecule has 0 aromatic heterocycles. The second-order valence-corrected chi connectivity index (χ2v) is 6.93. The van der Waals surface area contributed by atoms with Crippen LogP contribution in [0.3, 0.4) is 0 Å². The number of halogens is 1. The average Bonchev–Trinajstić information content (AvgIpc) is 3.21. The van der Waals surface area contributed by atoms with Gasteiger partial charge in [-0.1, -0.05) is 42.5 Å². The molecule has 23 heavy (non-hydrogen) atoms. The summed E-state index contributed by atoms with van der Waals surface area (Å²) in [5.74, 6) is -0.791. The summed E-state index contributed by atoms with van der Waals surface area (Å²) < 4.78 is 0. The number of rotatable bonds is 4. The van der Waals surface area contributed by atoms with Crippen LogP contribution in [0.2, 0.25) is 0 Å². The van der Waals surface area contributed by atoms with Gasteiger partial charge in [0.1, 0.15) is 6.04 Å². The molecule has 5 unspecified atom stereocenters. The smallest absolute Gasteiger partial charge is 0.245 e. The molecule has 2 aliphatic carbocycles. The van der Waals surface area contributed by atoms with Crippen molar-refractivity contribution < 1.29 is 14.4 Å². The minimum atomic E-state index is -0.913. The normalized spacial score (nSPS) is 32.5. The number of allylic oxidation sites excluding steroid dienone is 2. The molecule has 1 saturated heterocycles. The first kappa shape index (κ1) is 14.6. The summed E-state index contributed by atoms with van der Waals surface area (Å²) in [4.78, 5) is 38.6. The standard InChI is InChI=1S/C18H16ClNO3/c19-16(21)13(8-10-4-2-1-3-5-10)20-17(22)14-11-6-7-12(9-11)15(14)18(20)23/h1-7,11-15H,8-9H2. The predicted molar refractivity (Wildman–Crippen MR) is 84.4 cm³/mol. The van der Waals surface area contributed by atoms with Crippen LogP contribution in [0, 0.1) is 23.7 Å². The Morgan fingerprint density at radius 3 is 2.17 bits per heavy atom. The molecule has 3 aliphatic rings. The zero-order chi connectivity index (χ0) is 16.1. The van der Waals surface area contributed by atoms with E-state index in [0.29, 0.717) is 0 Å². The van der Waals surface area contributed by atoms with E-state index in [2.05, 4.69) is 0 Å².